The van der Waals surface area contributed by atoms with Gasteiger partial charge in [0.15, 0.2) is 0 Å². The third-order valence-corrected chi connectivity index (χ3v) is 7.02. The summed E-state index contributed by atoms with van der Waals surface area (Å²) in [5, 5.41) is 0. The second-order valence-electron chi connectivity index (χ2n) is 2.61. The van der Waals surface area contributed by atoms with Crippen LogP contribution in [0.3, 0.4) is 0 Å². The van der Waals surface area contributed by atoms with Crippen molar-refractivity contribution in [1.82, 2.24) is 0 Å². The van der Waals surface area contributed by atoms with Crippen LogP contribution in [-0.2, 0) is 4.79 Å². The van der Waals surface area contributed by atoms with Crippen molar-refractivity contribution in [2.24, 2.45) is 0 Å². The zero-order valence-corrected chi connectivity index (χ0v) is 8.67. The molecule has 0 aromatic rings. The molecule has 0 aromatic heterocycles. The number of rotatable bonds is 1. The van der Waals surface area contributed by atoms with Gasteiger partial charge in [-0.1, -0.05) is 0 Å². The van der Waals surface area contributed by atoms with Gasteiger partial charge in [-0.25, -0.2) is 0 Å². The molecule has 1 fully saturated rings. The van der Waals surface area contributed by atoms with Crippen LogP contribution in [0.4, 0.5) is 0 Å². The topological polar surface area (TPSA) is 17.1 Å². The van der Waals surface area contributed by atoms with Crippen molar-refractivity contribution >= 4 is 26.9 Å². The van der Waals surface area contributed by atoms with Gasteiger partial charge in [0.2, 0.25) is 0 Å². The second-order valence-corrected chi connectivity index (χ2v) is 7.19. The van der Waals surface area contributed by atoms with Gasteiger partial charge in [0.1, 0.15) is 0 Å². The van der Waals surface area contributed by atoms with Gasteiger partial charge in [0.05, 0.1) is 0 Å². The Balaban J connectivity index is 2.31. The van der Waals surface area contributed by atoms with E-state index in [1.54, 1.807) is 6.92 Å². The van der Waals surface area contributed by atoms with Gasteiger partial charge in [-0.2, -0.15) is 0 Å². The van der Waals surface area contributed by atoms with E-state index in [4.69, 9.17) is 0 Å². The first-order chi connectivity index (χ1) is 4.30. The molecule has 1 aliphatic heterocycles. The molecular weight excluding hydrogens is 219 g/mol. The number of hydrogen-bond donors (Lipinski definition) is 0. The molecule has 2 heteroatoms. The molecule has 0 aromatic carbocycles. The van der Waals surface area contributed by atoms with Crippen LogP contribution in [0.25, 0.3) is 0 Å². The standard InChI is InChI=1S/C7H12O.Sn/c1-3-4-5-6-7(2)8;/h6H,1,3-5H2,2H3;. The normalized spacial score (nSPS) is 27.9. The first-order valence-electron chi connectivity index (χ1n) is 3.54. The van der Waals surface area contributed by atoms with Crippen LogP contribution in [0.1, 0.15) is 26.2 Å². The van der Waals surface area contributed by atoms with E-state index in [0.29, 0.717) is 9.72 Å². The van der Waals surface area contributed by atoms with Crippen molar-refractivity contribution in [1.29, 1.82) is 0 Å². The quantitative estimate of drug-likeness (QED) is 0.627. The van der Waals surface area contributed by atoms with Crippen molar-refractivity contribution in [3.63, 3.8) is 0 Å². The van der Waals surface area contributed by atoms with Gasteiger partial charge in [0.25, 0.3) is 0 Å². The fourth-order valence-corrected chi connectivity index (χ4v) is 5.48. The molecule has 1 nitrogen and oxygen atoms in total. The summed E-state index contributed by atoms with van der Waals surface area (Å²) in [6, 6.07) is 0. The number of hydrogen-bond acceptors (Lipinski definition) is 1. The summed E-state index contributed by atoms with van der Waals surface area (Å²) >= 11 is -0.226. The average Bonchev–Trinajstić information content (AvgIpc) is 1.90. The van der Waals surface area contributed by atoms with E-state index in [1.807, 2.05) is 0 Å². The van der Waals surface area contributed by atoms with Crippen LogP contribution in [-0.4, -0.2) is 26.9 Å². The maximum absolute atomic E-state index is 10.8. The summed E-state index contributed by atoms with van der Waals surface area (Å²) in [5.74, 6) is 0.473. The van der Waals surface area contributed by atoms with E-state index in [2.05, 4.69) is 0 Å². The first kappa shape index (κ1) is 7.57. The average molecular weight is 231 g/mol. The zero-order valence-electron chi connectivity index (χ0n) is 5.81. The third kappa shape index (κ3) is 2.28. The minimum atomic E-state index is -0.226. The van der Waals surface area contributed by atoms with Crippen molar-refractivity contribution in [2.75, 3.05) is 0 Å². The van der Waals surface area contributed by atoms with Gasteiger partial charge in [-0.3, -0.25) is 0 Å². The van der Waals surface area contributed by atoms with Crippen molar-refractivity contribution in [3.05, 3.63) is 0 Å². The molecule has 50 valence electrons. The Kier molecular flexibility index (Phi) is 3.02. The molecule has 2 radical (unpaired) electrons. The van der Waals surface area contributed by atoms with Crippen LogP contribution in [0.5, 0.6) is 0 Å². The number of ketones is 1. The van der Waals surface area contributed by atoms with E-state index < -0.39 is 0 Å². The summed E-state index contributed by atoms with van der Waals surface area (Å²) in [6.45, 7) is 1.76. The molecular formula is C7H12OSn. The summed E-state index contributed by atoms with van der Waals surface area (Å²) in [7, 11) is 0. The first-order valence-corrected chi connectivity index (χ1v) is 7.21. The second kappa shape index (κ2) is 3.59. The molecule has 0 N–H and O–H groups in total. The van der Waals surface area contributed by atoms with Crippen LogP contribution >= 0.6 is 0 Å². The van der Waals surface area contributed by atoms with Crippen molar-refractivity contribution in [2.45, 2.75) is 34.6 Å². The Morgan fingerprint density at radius 2 is 2.33 bits per heavy atom. The third-order valence-electron chi connectivity index (χ3n) is 1.80. The molecule has 1 atom stereocenters. The van der Waals surface area contributed by atoms with Crippen LogP contribution in [0.15, 0.2) is 0 Å². The van der Waals surface area contributed by atoms with Crippen molar-refractivity contribution in [3.8, 4) is 0 Å². The number of carbonyl (C=O) groups is 1. The molecule has 0 unspecified atom stereocenters. The fraction of sp³-hybridized carbons (Fsp3) is 0.857. The fourth-order valence-electron chi connectivity index (χ4n) is 1.20. The summed E-state index contributed by atoms with van der Waals surface area (Å²) in [4.78, 5) is 10.8. The molecule has 0 aliphatic carbocycles. The molecule has 1 heterocycles. The Hall–Kier alpha value is 0.469. The predicted molar refractivity (Wildman–Crippen MR) is 38.8 cm³/mol. The Bertz CT molecular complexity index is 105. The molecule has 0 bridgehead atoms. The molecule has 1 rings (SSSR count). The molecule has 1 saturated heterocycles. The Labute approximate surface area is 66.4 Å². The van der Waals surface area contributed by atoms with E-state index >= 15 is 0 Å². The van der Waals surface area contributed by atoms with E-state index in [1.165, 1.54) is 23.7 Å². The van der Waals surface area contributed by atoms with Gasteiger partial charge >= 0.3 is 66.3 Å². The van der Waals surface area contributed by atoms with Gasteiger partial charge in [-0.15, -0.1) is 0 Å². The number of Topliss-reactive ketones (excluding diaryl/α,β-unsaturated/α-hetero) is 1. The summed E-state index contributed by atoms with van der Waals surface area (Å²) in [5.41, 5.74) is 0. The maximum atomic E-state index is 10.8. The zero-order chi connectivity index (χ0) is 6.69. The minimum absolute atomic E-state index is 0.226. The Morgan fingerprint density at radius 3 is 2.67 bits per heavy atom. The summed E-state index contributed by atoms with van der Waals surface area (Å²) < 4.78 is 2.02. The monoisotopic (exact) mass is 232 g/mol. The van der Waals surface area contributed by atoms with Gasteiger partial charge < -0.3 is 0 Å². The van der Waals surface area contributed by atoms with Gasteiger partial charge in [-0.05, 0) is 0 Å². The van der Waals surface area contributed by atoms with Gasteiger partial charge in [0, 0.05) is 0 Å². The molecule has 1 aliphatic rings. The molecule has 0 saturated carbocycles. The number of carbonyl (C=O) groups excluding carboxylic acids is 1. The van der Waals surface area contributed by atoms with E-state index in [0.717, 1.165) is 0 Å². The van der Waals surface area contributed by atoms with Crippen LogP contribution < -0.4 is 0 Å². The van der Waals surface area contributed by atoms with E-state index in [9.17, 15) is 4.79 Å². The van der Waals surface area contributed by atoms with Crippen molar-refractivity contribution < 1.29 is 4.79 Å². The Morgan fingerprint density at radius 1 is 1.56 bits per heavy atom. The molecule has 0 amide bonds. The molecule has 9 heavy (non-hydrogen) atoms. The SMILES string of the molecule is CC(=O)[C@@H]1CCC[CH2][Sn]1. The van der Waals surface area contributed by atoms with Crippen LogP contribution in [0.2, 0.25) is 8.37 Å². The summed E-state index contributed by atoms with van der Waals surface area (Å²) in [6.07, 6.45) is 3.95. The van der Waals surface area contributed by atoms with E-state index in [-0.39, 0.29) is 21.1 Å². The predicted octanol–water partition coefficient (Wildman–Crippen LogP) is 1.67. The molecule has 0 spiro atoms. The van der Waals surface area contributed by atoms with Crippen LogP contribution in [0, 0.1) is 0 Å².